The zero-order valence-electron chi connectivity index (χ0n) is 12.8. The van der Waals surface area contributed by atoms with Gasteiger partial charge in [-0.2, -0.15) is 11.3 Å². The van der Waals surface area contributed by atoms with E-state index in [1.807, 2.05) is 41.4 Å². The van der Waals surface area contributed by atoms with Gasteiger partial charge in [0.05, 0.1) is 18.9 Å². The number of methoxy groups -OCH3 is 1. The van der Waals surface area contributed by atoms with Crippen LogP contribution >= 0.6 is 23.1 Å². The van der Waals surface area contributed by atoms with Crippen LogP contribution < -0.4 is 0 Å². The van der Waals surface area contributed by atoms with Gasteiger partial charge in [-0.05, 0) is 35.4 Å². The Hall–Kier alpha value is -2.06. The fourth-order valence-electron chi connectivity index (χ4n) is 2.16. The molecule has 6 nitrogen and oxygen atoms in total. The summed E-state index contributed by atoms with van der Waals surface area (Å²) >= 11 is 2.86. The SMILES string of the molecule is COC(=O)[C@@H](Sc1nnc(-c2ccoc2C)n1C)c1ccsc1. The normalized spacial score (nSPS) is 12.3. The molecule has 0 fully saturated rings. The highest BCUT2D eigenvalue weighted by Gasteiger charge is 2.26. The Labute approximate surface area is 141 Å². The number of furan rings is 1. The van der Waals surface area contributed by atoms with Crippen molar-refractivity contribution >= 4 is 29.1 Å². The number of thiophene rings is 1. The van der Waals surface area contributed by atoms with Crippen molar-refractivity contribution in [3.8, 4) is 11.4 Å². The first-order chi connectivity index (χ1) is 11.1. The molecular weight excluding hydrogens is 334 g/mol. The minimum atomic E-state index is -0.465. The largest absolute Gasteiger partial charge is 0.469 e. The summed E-state index contributed by atoms with van der Waals surface area (Å²) in [6.45, 7) is 1.87. The van der Waals surface area contributed by atoms with Crippen LogP contribution in [0.5, 0.6) is 0 Å². The van der Waals surface area contributed by atoms with E-state index < -0.39 is 5.25 Å². The van der Waals surface area contributed by atoms with Gasteiger partial charge in [0.2, 0.25) is 0 Å². The first kappa shape index (κ1) is 15.8. The Morgan fingerprint density at radius 1 is 1.43 bits per heavy atom. The molecule has 0 unspecified atom stereocenters. The molecule has 3 aromatic rings. The number of ether oxygens (including phenoxy) is 1. The average Bonchev–Trinajstić information content (AvgIpc) is 3.27. The standard InChI is InChI=1S/C15H15N3O3S2/c1-9-11(4-6-21-9)13-16-17-15(18(13)2)23-12(14(19)20-3)10-5-7-22-8-10/h4-8,12H,1-3H3/t12-/m0/s1. The van der Waals surface area contributed by atoms with E-state index in [0.29, 0.717) is 11.0 Å². The van der Waals surface area contributed by atoms with Gasteiger partial charge in [0.1, 0.15) is 11.0 Å². The van der Waals surface area contributed by atoms with Crippen LogP contribution in [0, 0.1) is 6.92 Å². The highest BCUT2D eigenvalue weighted by Crippen LogP contribution is 2.37. The van der Waals surface area contributed by atoms with Crippen LogP contribution in [-0.4, -0.2) is 27.8 Å². The fourth-order valence-corrected chi connectivity index (χ4v) is 3.95. The Kier molecular flexibility index (Phi) is 4.53. The first-order valence-electron chi connectivity index (χ1n) is 6.82. The van der Waals surface area contributed by atoms with E-state index in [1.165, 1.54) is 30.2 Å². The molecule has 0 aliphatic rings. The van der Waals surface area contributed by atoms with Crippen LogP contribution in [0.15, 0.2) is 38.7 Å². The second kappa shape index (κ2) is 6.59. The number of aryl methyl sites for hydroxylation is 1. The van der Waals surface area contributed by atoms with Gasteiger partial charge in [-0.15, -0.1) is 10.2 Å². The average molecular weight is 349 g/mol. The van der Waals surface area contributed by atoms with Crippen LogP contribution in [0.25, 0.3) is 11.4 Å². The van der Waals surface area contributed by atoms with Gasteiger partial charge in [-0.3, -0.25) is 4.79 Å². The highest BCUT2D eigenvalue weighted by atomic mass is 32.2. The molecule has 8 heteroatoms. The highest BCUT2D eigenvalue weighted by molar-refractivity contribution is 8.00. The van der Waals surface area contributed by atoms with Gasteiger partial charge in [-0.25, -0.2) is 0 Å². The number of carbonyl (C=O) groups is 1. The van der Waals surface area contributed by atoms with Crippen molar-refractivity contribution in [1.29, 1.82) is 0 Å². The maximum Gasteiger partial charge on any atom is 0.323 e. The predicted molar refractivity (Wildman–Crippen MR) is 88.4 cm³/mol. The third-order valence-corrected chi connectivity index (χ3v) is 5.39. The Balaban J connectivity index is 1.92. The molecule has 0 bridgehead atoms. The molecule has 0 saturated carbocycles. The molecule has 0 saturated heterocycles. The van der Waals surface area contributed by atoms with Gasteiger partial charge in [-0.1, -0.05) is 11.8 Å². The summed E-state index contributed by atoms with van der Waals surface area (Å²) in [5, 5.41) is 12.5. The van der Waals surface area contributed by atoms with Gasteiger partial charge < -0.3 is 13.7 Å². The van der Waals surface area contributed by atoms with E-state index >= 15 is 0 Å². The van der Waals surface area contributed by atoms with E-state index in [4.69, 9.17) is 9.15 Å². The summed E-state index contributed by atoms with van der Waals surface area (Å²) in [5.74, 6) is 1.17. The summed E-state index contributed by atoms with van der Waals surface area (Å²) in [4.78, 5) is 12.1. The van der Waals surface area contributed by atoms with Crippen molar-refractivity contribution < 1.29 is 13.9 Å². The van der Waals surface area contributed by atoms with Crippen LogP contribution in [0.1, 0.15) is 16.6 Å². The van der Waals surface area contributed by atoms with Crippen LogP contribution in [0.3, 0.4) is 0 Å². The predicted octanol–water partition coefficient (Wildman–Crippen LogP) is 3.45. The third-order valence-electron chi connectivity index (χ3n) is 3.42. The molecule has 0 aliphatic carbocycles. The van der Waals surface area contributed by atoms with Gasteiger partial charge >= 0.3 is 5.97 Å². The lowest BCUT2D eigenvalue weighted by molar-refractivity contribution is -0.140. The lowest BCUT2D eigenvalue weighted by atomic mass is 10.2. The van der Waals surface area contributed by atoms with Gasteiger partial charge in [0.25, 0.3) is 0 Å². The van der Waals surface area contributed by atoms with Crippen LogP contribution in [0.2, 0.25) is 0 Å². The van der Waals surface area contributed by atoms with E-state index in [2.05, 4.69) is 10.2 Å². The molecule has 120 valence electrons. The molecule has 1 atom stereocenters. The van der Waals surface area contributed by atoms with E-state index in [-0.39, 0.29) is 5.97 Å². The van der Waals surface area contributed by atoms with Crippen molar-refractivity contribution in [2.24, 2.45) is 7.05 Å². The number of esters is 1. The maximum absolute atomic E-state index is 12.1. The number of hydrogen-bond acceptors (Lipinski definition) is 7. The number of rotatable bonds is 5. The number of nitrogens with zero attached hydrogens (tertiary/aromatic N) is 3. The second-order valence-corrected chi connectivity index (χ2v) is 6.69. The monoisotopic (exact) mass is 349 g/mol. The van der Waals surface area contributed by atoms with Crippen molar-refractivity contribution in [3.05, 3.63) is 40.5 Å². The Morgan fingerprint density at radius 3 is 2.87 bits per heavy atom. The number of hydrogen-bond donors (Lipinski definition) is 0. The summed E-state index contributed by atoms with van der Waals surface area (Å²) in [5.41, 5.74) is 1.79. The van der Waals surface area contributed by atoms with Gasteiger partial charge in [0, 0.05) is 7.05 Å². The molecule has 0 N–H and O–H groups in total. The first-order valence-corrected chi connectivity index (χ1v) is 8.64. The Bertz CT molecular complexity index is 808. The summed E-state index contributed by atoms with van der Waals surface area (Å²) in [6, 6.07) is 3.77. The molecule has 3 rings (SSSR count). The maximum atomic E-state index is 12.1. The van der Waals surface area contributed by atoms with Crippen LogP contribution in [-0.2, 0) is 16.6 Å². The van der Waals surface area contributed by atoms with Crippen molar-refractivity contribution in [2.75, 3.05) is 7.11 Å². The zero-order valence-corrected chi connectivity index (χ0v) is 14.5. The fraction of sp³-hybridized carbons (Fsp3) is 0.267. The molecule has 23 heavy (non-hydrogen) atoms. The zero-order chi connectivity index (χ0) is 16.4. The van der Waals surface area contributed by atoms with Crippen LogP contribution in [0.4, 0.5) is 0 Å². The summed E-state index contributed by atoms with van der Waals surface area (Å²) < 4.78 is 12.1. The number of aromatic nitrogens is 3. The lowest BCUT2D eigenvalue weighted by Gasteiger charge is -2.12. The smallest absolute Gasteiger partial charge is 0.323 e. The minimum absolute atomic E-state index is 0.308. The molecule has 0 spiro atoms. The van der Waals surface area contributed by atoms with E-state index in [0.717, 1.165) is 16.9 Å². The van der Waals surface area contributed by atoms with E-state index in [9.17, 15) is 4.79 Å². The molecule has 0 aromatic carbocycles. The molecule has 0 amide bonds. The summed E-state index contributed by atoms with van der Waals surface area (Å²) in [7, 11) is 3.26. The molecule has 3 aromatic heterocycles. The number of carbonyl (C=O) groups excluding carboxylic acids is 1. The quantitative estimate of drug-likeness (QED) is 0.519. The van der Waals surface area contributed by atoms with Crippen molar-refractivity contribution in [3.63, 3.8) is 0 Å². The third kappa shape index (κ3) is 3.04. The van der Waals surface area contributed by atoms with Crippen molar-refractivity contribution in [1.82, 2.24) is 14.8 Å². The summed E-state index contributed by atoms with van der Waals surface area (Å²) in [6.07, 6.45) is 1.62. The molecule has 0 aliphatic heterocycles. The van der Waals surface area contributed by atoms with Gasteiger partial charge in [0.15, 0.2) is 11.0 Å². The molecule has 0 radical (unpaired) electrons. The second-order valence-electron chi connectivity index (χ2n) is 4.83. The number of thioether (sulfide) groups is 1. The van der Waals surface area contributed by atoms with E-state index in [1.54, 1.807) is 6.26 Å². The topological polar surface area (TPSA) is 70.2 Å². The Morgan fingerprint density at radius 2 is 2.26 bits per heavy atom. The minimum Gasteiger partial charge on any atom is -0.469 e. The lowest BCUT2D eigenvalue weighted by Crippen LogP contribution is -2.11. The molecule has 3 heterocycles. The van der Waals surface area contributed by atoms with Crippen molar-refractivity contribution in [2.45, 2.75) is 17.3 Å². The molecular formula is C15H15N3O3S2.